The zero-order valence-corrected chi connectivity index (χ0v) is 22.6. The van der Waals surface area contributed by atoms with E-state index < -0.39 is 59.9 Å². The van der Waals surface area contributed by atoms with Crippen LogP contribution in [0.1, 0.15) is 64.6 Å². The average Bonchev–Trinajstić information content (AvgIpc) is 3.24. The van der Waals surface area contributed by atoms with Gasteiger partial charge in [0.2, 0.25) is 0 Å². The third kappa shape index (κ3) is 6.58. The van der Waals surface area contributed by atoms with Gasteiger partial charge in [0.15, 0.2) is 0 Å². The Morgan fingerprint density at radius 1 is 1.33 bits per heavy atom. The number of aromatic nitrogens is 1. The van der Waals surface area contributed by atoms with E-state index >= 15 is 4.39 Å². The number of aliphatic hydroxyl groups excluding tert-OH is 2. The molecule has 8 nitrogen and oxygen atoms in total. The second-order valence-electron chi connectivity index (χ2n) is 10.6. The largest absolute Gasteiger partial charge is 0.458 e. The smallest absolute Gasteiger partial charge is 0.309 e. The van der Waals surface area contributed by atoms with E-state index in [-0.39, 0.29) is 25.4 Å². The Morgan fingerprint density at radius 2 is 2.03 bits per heavy atom. The number of rotatable bonds is 3. The summed E-state index contributed by atoms with van der Waals surface area (Å²) in [6, 6.07) is 0. The number of ether oxygens (including phenoxy) is 3. The Morgan fingerprint density at radius 3 is 2.64 bits per heavy atom. The molecule has 2 N–H and O–H groups in total. The number of thiazole rings is 1. The third-order valence-electron chi connectivity index (χ3n) is 7.26. The standard InChI is InChI=1S/C26H38FNO7S/c1-7-18-23(31)15(3)11-33-13-26(27)21(35-26)9-19(14(2)8-17-12-36-16(4)28-17)34-22(30)10-20(29)25(5,6)24(18)32/h8,12,15,18-21,23,29,31H,7,9-11,13H2,1-6H3/b14-8+/t15-,18-,19-,20+,21?,23-,26?/m1/s1. The van der Waals surface area contributed by atoms with Gasteiger partial charge in [-0.3, -0.25) is 9.59 Å². The summed E-state index contributed by atoms with van der Waals surface area (Å²) in [4.78, 5) is 30.6. The molecule has 1 aromatic rings. The first kappa shape index (κ1) is 28.8. The highest BCUT2D eigenvalue weighted by atomic mass is 32.1. The Balaban J connectivity index is 1.87. The van der Waals surface area contributed by atoms with E-state index in [4.69, 9.17) is 14.2 Å². The van der Waals surface area contributed by atoms with Crippen LogP contribution >= 0.6 is 11.3 Å². The number of aryl methyl sites for hydroxylation is 1. The fraction of sp³-hybridized carbons (Fsp3) is 0.731. The molecular formula is C26H38FNO7S. The highest BCUT2D eigenvalue weighted by Gasteiger charge is 2.59. The predicted octanol–water partition coefficient (Wildman–Crippen LogP) is 3.62. The van der Waals surface area contributed by atoms with Crippen LogP contribution in [0.15, 0.2) is 11.0 Å². The molecule has 0 radical (unpaired) electrons. The van der Waals surface area contributed by atoms with Crippen LogP contribution in [0.25, 0.3) is 6.08 Å². The molecule has 7 atom stereocenters. The second kappa shape index (κ2) is 11.3. The summed E-state index contributed by atoms with van der Waals surface area (Å²) in [5.74, 6) is -4.32. The lowest BCUT2D eigenvalue weighted by Crippen LogP contribution is -2.47. The summed E-state index contributed by atoms with van der Waals surface area (Å²) in [7, 11) is 0. The first-order valence-corrected chi connectivity index (χ1v) is 13.3. The normalized spacial score (nSPS) is 36.8. The van der Waals surface area contributed by atoms with Gasteiger partial charge in [0.05, 0.1) is 41.4 Å². The van der Waals surface area contributed by atoms with E-state index in [0.29, 0.717) is 17.7 Å². The summed E-state index contributed by atoms with van der Waals surface area (Å²) in [6.07, 6.45) is -2.28. The third-order valence-corrected chi connectivity index (χ3v) is 8.06. The van der Waals surface area contributed by atoms with Crippen molar-refractivity contribution in [3.63, 3.8) is 0 Å². The van der Waals surface area contributed by atoms with E-state index in [1.165, 1.54) is 11.3 Å². The number of epoxide rings is 1. The van der Waals surface area contributed by atoms with E-state index in [2.05, 4.69) is 4.98 Å². The molecule has 0 aromatic carbocycles. The number of Topliss-reactive ketones (excluding diaryl/α,β-unsaturated/α-hetero) is 1. The van der Waals surface area contributed by atoms with Crippen LogP contribution in [-0.2, 0) is 23.8 Å². The fourth-order valence-corrected chi connectivity index (χ4v) is 5.14. The molecule has 3 rings (SSSR count). The summed E-state index contributed by atoms with van der Waals surface area (Å²) >= 11 is 1.48. The van der Waals surface area contributed by atoms with Gasteiger partial charge in [-0.2, -0.15) is 0 Å². The van der Waals surface area contributed by atoms with Gasteiger partial charge in [-0.1, -0.05) is 27.7 Å². The van der Waals surface area contributed by atoms with Gasteiger partial charge >= 0.3 is 5.97 Å². The Labute approximate surface area is 215 Å². The molecule has 0 spiro atoms. The Hall–Kier alpha value is -1.72. The molecule has 0 bridgehead atoms. The maximum atomic E-state index is 15.1. The summed E-state index contributed by atoms with van der Waals surface area (Å²) < 4.78 is 31.7. The molecular weight excluding hydrogens is 489 g/mol. The monoisotopic (exact) mass is 527 g/mol. The van der Waals surface area contributed by atoms with Crippen LogP contribution in [0.5, 0.6) is 0 Å². The zero-order chi connectivity index (χ0) is 26.8. The van der Waals surface area contributed by atoms with Gasteiger partial charge < -0.3 is 24.4 Å². The minimum Gasteiger partial charge on any atom is -0.458 e. The van der Waals surface area contributed by atoms with Crippen molar-refractivity contribution in [2.45, 2.75) is 91.1 Å². The number of alkyl halides is 1. The van der Waals surface area contributed by atoms with Crippen molar-refractivity contribution < 1.29 is 38.4 Å². The van der Waals surface area contributed by atoms with Crippen LogP contribution in [0.4, 0.5) is 4.39 Å². The average molecular weight is 528 g/mol. The summed E-state index contributed by atoms with van der Waals surface area (Å²) in [6.45, 7) is 9.98. The molecule has 0 amide bonds. The Kier molecular flexibility index (Phi) is 9.09. The number of halogens is 1. The minimum absolute atomic E-state index is 0.0379. The number of esters is 1. The molecule has 10 heteroatoms. The number of fused-ring (bicyclic) bond motifs is 1. The van der Waals surface area contributed by atoms with Crippen molar-refractivity contribution >= 4 is 29.2 Å². The number of cyclic esters (lactones) is 1. The molecule has 2 fully saturated rings. The number of carbonyl (C=O) groups is 2. The molecule has 36 heavy (non-hydrogen) atoms. The van der Waals surface area contributed by atoms with Gasteiger partial charge in [-0.25, -0.2) is 9.37 Å². The number of aliphatic hydroxyl groups is 2. The molecule has 0 saturated carbocycles. The molecule has 3 heterocycles. The zero-order valence-electron chi connectivity index (χ0n) is 21.8. The van der Waals surface area contributed by atoms with E-state index in [9.17, 15) is 19.8 Å². The number of nitrogens with zero attached hydrogens (tertiary/aromatic N) is 1. The van der Waals surface area contributed by atoms with Gasteiger partial charge in [-0.05, 0) is 31.9 Å². The number of hydrogen-bond acceptors (Lipinski definition) is 9. The van der Waals surface area contributed by atoms with Crippen LogP contribution in [0.2, 0.25) is 0 Å². The highest BCUT2D eigenvalue weighted by molar-refractivity contribution is 7.09. The van der Waals surface area contributed by atoms with Crippen molar-refractivity contribution in [2.75, 3.05) is 13.2 Å². The van der Waals surface area contributed by atoms with Crippen molar-refractivity contribution in [2.24, 2.45) is 17.3 Å². The van der Waals surface area contributed by atoms with E-state index in [0.717, 1.165) is 5.01 Å². The lowest BCUT2D eigenvalue weighted by Gasteiger charge is -2.35. The molecule has 2 saturated heterocycles. The molecule has 1 aromatic heterocycles. The van der Waals surface area contributed by atoms with E-state index in [1.807, 2.05) is 12.3 Å². The summed E-state index contributed by atoms with van der Waals surface area (Å²) in [5.41, 5.74) is 0.0562. The van der Waals surface area contributed by atoms with Crippen molar-refractivity contribution in [1.29, 1.82) is 0 Å². The lowest BCUT2D eigenvalue weighted by atomic mass is 9.72. The van der Waals surface area contributed by atoms with Crippen LogP contribution in [0.3, 0.4) is 0 Å². The maximum absolute atomic E-state index is 15.1. The number of hydrogen-bond donors (Lipinski definition) is 2. The van der Waals surface area contributed by atoms with Crippen LogP contribution in [-0.4, -0.2) is 70.4 Å². The molecule has 202 valence electrons. The molecule has 2 unspecified atom stereocenters. The quantitative estimate of drug-likeness (QED) is 0.452. The van der Waals surface area contributed by atoms with Crippen molar-refractivity contribution in [1.82, 2.24) is 4.98 Å². The van der Waals surface area contributed by atoms with Gasteiger partial charge in [0.1, 0.15) is 24.6 Å². The Bertz CT molecular complexity index is 979. The number of carbonyl (C=O) groups excluding carboxylic acids is 2. The van der Waals surface area contributed by atoms with Crippen molar-refractivity contribution in [3.05, 3.63) is 21.7 Å². The minimum atomic E-state index is -2.02. The first-order valence-electron chi connectivity index (χ1n) is 12.4. The molecule has 2 aliphatic heterocycles. The molecule has 0 aliphatic carbocycles. The maximum Gasteiger partial charge on any atom is 0.309 e. The summed E-state index contributed by atoms with van der Waals surface area (Å²) in [5, 5.41) is 24.5. The van der Waals surface area contributed by atoms with Crippen LogP contribution in [0, 0.1) is 24.2 Å². The van der Waals surface area contributed by atoms with Gasteiger partial charge in [0, 0.05) is 23.6 Å². The van der Waals surface area contributed by atoms with Crippen molar-refractivity contribution in [3.8, 4) is 0 Å². The van der Waals surface area contributed by atoms with Gasteiger partial charge in [-0.15, -0.1) is 11.3 Å². The first-order chi connectivity index (χ1) is 16.8. The lowest BCUT2D eigenvalue weighted by molar-refractivity contribution is -0.155. The van der Waals surface area contributed by atoms with Gasteiger partial charge in [0.25, 0.3) is 5.85 Å². The fourth-order valence-electron chi connectivity index (χ4n) is 4.57. The second-order valence-corrected chi connectivity index (χ2v) is 11.7. The topological polar surface area (TPSA) is 118 Å². The SMILES string of the molecule is CC[C@H]1C(=O)C(C)(C)[C@@H](O)CC(=O)O[C@@H](/C(C)=C/c2csc(C)n2)CC2OC2(F)COC[C@@H](C)[C@H]1O. The number of ketones is 1. The predicted molar refractivity (Wildman–Crippen MR) is 133 cm³/mol. The van der Waals surface area contributed by atoms with Crippen LogP contribution < -0.4 is 0 Å². The van der Waals surface area contributed by atoms with E-state index in [1.54, 1.807) is 40.7 Å². The molecule has 2 aliphatic rings. The highest BCUT2D eigenvalue weighted by Crippen LogP contribution is 2.43.